The number of amides is 1. The van der Waals surface area contributed by atoms with Crippen LogP contribution in [0, 0.1) is 10.1 Å². The maximum atomic E-state index is 13.2. The van der Waals surface area contributed by atoms with Crippen molar-refractivity contribution < 1.29 is 19.6 Å². The van der Waals surface area contributed by atoms with Crippen LogP contribution >= 0.6 is 12.2 Å². The number of nitro groups is 1. The van der Waals surface area contributed by atoms with Crippen LogP contribution in [0.25, 0.3) is 22.2 Å². The van der Waals surface area contributed by atoms with Crippen LogP contribution in [0.15, 0.2) is 72.8 Å². The number of ketones is 1. The predicted octanol–water partition coefficient (Wildman–Crippen LogP) is 4.35. The van der Waals surface area contributed by atoms with E-state index >= 15 is 0 Å². The Labute approximate surface area is 210 Å². The number of nitrogens with one attached hydrogen (secondary N) is 3. The van der Waals surface area contributed by atoms with E-state index in [4.69, 9.17) is 12.2 Å². The maximum Gasteiger partial charge on any atom is 0.269 e. The van der Waals surface area contributed by atoms with Crippen molar-refractivity contribution >= 4 is 51.3 Å². The van der Waals surface area contributed by atoms with Gasteiger partial charge in [0, 0.05) is 28.6 Å². The van der Waals surface area contributed by atoms with Gasteiger partial charge in [-0.2, -0.15) is 0 Å². The number of fused-ring (bicyclic) bond motifs is 1. The highest BCUT2D eigenvalue weighted by Crippen LogP contribution is 2.31. The van der Waals surface area contributed by atoms with Gasteiger partial charge in [-0.25, -0.2) is 4.98 Å². The first kappa shape index (κ1) is 24.2. The monoisotopic (exact) mass is 501 g/mol. The number of thiocarbonyl (C=S) groups is 1. The summed E-state index contributed by atoms with van der Waals surface area (Å²) in [4.78, 5) is 40.0. The summed E-state index contributed by atoms with van der Waals surface area (Å²) in [5.74, 6) is -0.735. The molecule has 180 valence electrons. The van der Waals surface area contributed by atoms with Crippen LogP contribution in [0.3, 0.4) is 0 Å². The average Bonchev–Trinajstić information content (AvgIpc) is 2.87. The molecule has 36 heavy (non-hydrogen) atoms. The lowest BCUT2D eigenvalue weighted by Gasteiger charge is -2.14. The summed E-state index contributed by atoms with van der Waals surface area (Å²) in [5, 5.41) is 24.0. The lowest BCUT2D eigenvalue weighted by Crippen LogP contribution is -2.42. The zero-order chi connectivity index (χ0) is 25.8. The Bertz CT molecular complexity index is 1520. The Balaban J connectivity index is 1.62. The first-order chi connectivity index (χ1) is 17.2. The highest BCUT2D eigenvalue weighted by molar-refractivity contribution is 7.80. The Kier molecular flexibility index (Phi) is 6.84. The fourth-order valence-electron chi connectivity index (χ4n) is 3.46. The van der Waals surface area contributed by atoms with Crippen LogP contribution in [0.5, 0.6) is 5.75 Å². The van der Waals surface area contributed by atoms with Crippen molar-refractivity contribution in [3.8, 4) is 17.0 Å². The molecule has 1 amide bonds. The molecule has 0 aliphatic heterocycles. The molecule has 0 aliphatic carbocycles. The van der Waals surface area contributed by atoms with E-state index in [-0.39, 0.29) is 27.9 Å². The van der Waals surface area contributed by atoms with Gasteiger partial charge in [0.25, 0.3) is 11.6 Å². The van der Waals surface area contributed by atoms with Gasteiger partial charge in [0.15, 0.2) is 10.9 Å². The fraction of sp³-hybridized carbons (Fsp3) is 0.0400. The van der Waals surface area contributed by atoms with Gasteiger partial charge in [-0.05, 0) is 67.7 Å². The summed E-state index contributed by atoms with van der Waals surface area (Å²) in [5.41, 5.74) is 7.69. The number of carbonyl (C=O) groups is 2. The molecule has 4 aromatic rings. The molecule has 1 heterocycles. The highest BCUT2D eigenvalue weighted by Gasteiger charge is 2.18. The largest absolute Gasteiger partial charge is 0.507 e. The van der Waals surface area contributed by atoms with Crippen molar-refractivity contribution in [2.45, 2.75) is 6.92 Å². The SMILES string of the molecule is CC(=O)c1ccc2nc(-c3ccccc3O)cc(C(=O)NC(=S)NNc3ccc([N+](=O)[O-])cc3)c2c1. The minimum atomic E-state index is -0.567. The van der Waals surface area contributed by atoms with Crippen LogP contribution in [0.4, 0.5) is 11.4 Å². The van der Waals surface area contributed by atoms with Crippen molar-refractivity contribution in [3.05, 3.63) is 94.0 Å². The molecule has 0 saturated heterocycles. The van der Waals surface area contributed by atoms with Gasteiger partial charge in [0.05, 0.1) is 27.4 Å². The topological polar surface area (TPSA) is 146 Å². The number of phenols is 1. The third-order valence-corrected chi connectivity index (χ3v) is 5.47. The van der Waals surface area contributed by atoms with E-state index in [2.05, 4.69) is 21.2 Å². The number of aromatic hydroxyl groups is 1. The molecule has 0 radical (unpaired) electrons. The number of aromatic nitrogens is 1. The zero-order valence-corrected chi connectivity index (χ0v) is 19.6. The normalized spacial score (nSPS) is 10.5. The van der Waals surface area contributed by atoms with E-state index in [1.54, 1.807) is 36.4 Å². The number of phenolic OH excluding ortho intramolecular Hbond substituents is 1. The lowest BCUT2D eigenvalue weighted by atomic mass is 10.0. The van der Waals surface area contributed by atoms with E-state index < -0.39 is 10.8 Å². The number of hydrogen-bond donors (Lipinski definition) is 4. The molecular formula is C25H19N5O5S. The molecular weight excluding hydrogens is 482 g/mol. The molecule has 0 aliphatic rings. The van der Waals surface area contributed by atoms with Gasteiger partial charge >= 0.3 is 0 Å². The lowest BCUT2D eigenvalue weighted by molar-refractivity contribution is -0.384. The van der Waals surface area contributed by atoms with Gasteiger partial charge < -0.3 is 5.11 Å². The number of nitrogens with zero attached hydrogens (tertiary/aromatic N) is 2. The number of Topliss-reactive ketones (excluding diaryl/α,β-unsaturated/α-hetero) is 1. The van der Waals surface area contributed by atoms with E-state index in [0.717, 1.165) is 0 Å². The standard InChI is InChI=1S/C25H19N5O5S/c1-14(31)15-6-11-21-19(12-15)20(13-22(26-21)18-4-2-3-5-23(18)32)24(33)27-25(36)29-28-16-7-9-17(10-8-16)30(34)35/h2-13,28,32H,1H3,(H2,27,29,33,36). The van der Waals surface area contributed by atoms with Gasteiger partial charge in [-0.1, -0.05) is 12.1 Å². The highest BCUT2D eigenvalue weighted by atomic mass is 32.1. The smallest absolute Gasteiger partial charge is 0.269 e. The first-order valence-corrected chi connectivity index (χ1v) is 11.0. The first-order valence-electron chi connectivity index (χ1n) is 10.6. The van der Waals surface area contributed by atoms with Crippen molar-refractivity contribution in [3.63, 3.8) is 0 Å². The summed E-state index contributed by atoms with van der Waals surface area (Å²) >= 11 is 5.21. The number of rotatable bonds is 6. The third kappa shape index (κ3) is 5.26. The summed E-state index contributed by atoms with van der Waals surface area (Å²) in [6.07, 6.45) is 0. The van der Waals surface area contributed by atoms with Crippen molar-refractivity contribution in [2.75, 3.05) is 5.43 Å². The van der Waals surface area contributed by atoms with Crippen LogP contribution in [-0.4, -0.2) is 31.8 Å². The Morgan fingerprint density at radius 2 is 1.75 bits per heavy atom. The van der Waals surface area contributed by atoms with E-state index in [9.17, 15) is 24.8 Å². The molecule has 4 rings (SSSR count). The van der Waals surface area contributed by atoms with Gasteiger partial charge in [0.1, 0.15) is 5.75 Å². The molecule has 3 aromatic carbocycles. The van der Waals surface area contributed by atoms with Gasteiger partial charge in [-0.15, -0.1) is 0 Å². The second-order valence-corrected chi connectivity index (χ2v) is 8.11. The number of carbonyl (C=O) groups excluding carboxylic acids is 2. The second-order valence-electron chi connectivity index (χ2n) is 7.70. The molecule has 10 nitrogen and oxygen atoms in total. The Hall–Kier alpha value is -4.90. The number of hydrazine groups is 1. The number of benzene rings is 3. The maximum absolute atomic E-state index is 13.2. The van der Waals surface area contributed by atoms with Gasteiger partial charge in [-0.3, -0.25) is 35.9 Å². The molecule has 0 atom stereocenters. The van der Waals surface area contributed by atoms with E-state index in [1.807, 2.05) is 0 Å². The number of hydrogen-bond acceptors (Lipinski definition) is 8. The molecule has 0 unspecified atom stereocenters. The number of pyridine rings is 1. The van der Waals surface area contributed by atoms with Crippen LogP contribution < -0.4 is 16.2 Å². The van der Waals surface area contributed by atoms with Crippen LogP contribution in [-0.2, 0) is 0 Å². The fourth-order valence-corrected chi connectivity index (χ4v) is 3.60. The van der Waals surface area contributed by atoms with Crippen molar-refractivity contribution in [1.29, 1.82) is 0 Å². The minimum Gasteiger partial charge on any atom is -0.507 e. The summed E-state index contributed by atoms with van der Waals surface area (Å²) in [6, 6.07) is 18.6. The summed E-state index contributed by atoms with van der Waals surface area (Å²) in [6.45, 7) is 1.42. The average molecular weight is 502 g/mol. The molecule has 0 saturated carbocycles. The van der Waals surface area contributed by atoms with Gasteiger partial charge in [0.2, 0.25) is 0 Å². The third-order valence-electron chi connectivity index (χ3n) is 5.27. The summed E-state index contributed by atoms with van der Waals surface area (Å²) < 4.78 is 0. The number of anilines is 1. The summed E-state index contributed by atoms with van der Waals surface area (Å²) in [7, 11) is 0. The Morgan fingerprint density at radius 3 is 2.42 bits per heavy atom. The van der Waals surface area contributed by atoms with Crippen molar-refractivity contribution in [2.24, 2.45) is 0 Å². The minimum absolute atomic E-state index is 0.000509. The number of non-ortho nitro benzene ring substituents is 1. The van der Waals surface area contributed by atoms with Crippen LogP contribution in [0.2, 0.25) is 0 Å². The zero-order valence-electron chi connectivity index (χ0n) is 18.8. The quantitative estimate of drug-likeness (QED) is 0.131. The van der Waals surface area contributed by atoms with Crippen LogP contribution in [0.1, 0.15) is 27.6 Å². The molecule has 0 spiro atoms. The molecule has 11 heteroatoms. The molecule has 4 N–H and O–H groups in total. The predicted molar refractivity (Wildman–Crippen MR) is 139 cm³/mol. The number of nitro benzene ring substituents is 1. The van der Waals surface area contributed by atoms with E-state index in [0.29, 0.717) is 33.4 Å². The second kappa shape index (κ2) is 10.2. The Morgan fingerprint density at radius 1 is 1.03 bits per heavy atom. The molecule has 0 fully saturated rings. The van der Waals surface area contributed by atoms with E-state index in [1.165, 1.54) is 43.3 Å². The molecule has 0 bridgehead atoms. The van der Waals surface area contributed by atoms with Crippen molar-refractivity contribution in [1.82, 2.24) is 15.7 Å². The number of para-hydroxylation sites is 1. The molecule has 1 aromatic heterocycles.